The average molecular weight is 206 g/mol. The molecule has 1 heteroatoms. The molecule has 0 N–H and O–H groups in total. The zero-order chi connectivity index (χ0) is 5.70. The van der Waals surface area contributed by atoms with Crippen LogP contribution >= 0.6 is 0 Å². The summed E-state index contributed by atoms with van der Waals surface area (Å²) in [5, 5.41) is 0. The van der Waals surface area contributed by atoms with E-state index >= 15 is 0 Å². The molecule has 0 amide bonds. The van der Waals surface area contributed by atoms with Gasteiger partial charge in [0.15, 0.2) is 0 Å². The predicted octanol–water partition coefficient (Wildman–Crippen LogP) is 2.54. The number of hydrogen-bond donors (Lipinski definition) is 0. The molecule has 0 nitrogen and oxygen atoms in total. The summed E-state index contributed by atoms with van der Waals surface area (Å²) in [4.78, 5) is 4.94. The van der Waals surface area contributed by atoms with Gasteiger partial charge in [0.25, 0.3) is 0 Å². The zero-order valence-electron chi connectivity index (χ0n) is 5.62. The molecule has 7 heavy (non-hydrogen) atoms. The first-order chi connectivity index (χ1) is 3.27. The fourth-order valence-electron chi connectivity index (χ4n) is 0.530. The number of unbranched alkanes of at least 4 members (excludes halogenated alkanes) is 1. The Bertz CT molecular complexity index is 33.2. The normalized spacial score (nSPS) is 9.00. The van der Waals surface area contributed by atoms with Crippen molar-refractivity contribution in [3.63, 3.8) is 0 Å². The van der Waals surface area contributed by atoms with Gasteiger partial charge in [-0.05, 0) is 0 Å². The molecule has 0 spiro atoms. The number of rotatable bonds is 3. The molecule has 0 saturated heterocycles. The molecular weight excluding hydrogens is 191 g/mol. The van der Waals surface area contributed by atoms with Crippen molar-refractivity contribution < 1.29 is 0 Å². The van der Waals surface area contributed by atoms with Crippen molar-refractivity contribution in [2.45, 2.75) is 34.1 Å². The zero-order valence-corrected chi connectivity index (χ0v) is 8.48. The molecule has 0 radical (unpaired) electrons. The van der Waals surface area contributed by atoms with Crippen LogP contribution in [0.1, 0.15) is 19.8 Å². The molecule has 0 aliphatic rings. The van der Waals surface area contributed by atoms with E-state index in [1.807, 2.05) is 0 Å². The number of hydrogen-bond acceptors (Lipinski definition) is 0. The van der Waals surface area contributed by atoms with Crippen LogP contribution in [0.2, 0.25) is 14.3 Å². The summed E-state index contributed by atoms with van der Waals surface area (Å²) in [5.41, 5.74) is 0. The van der Waals surface area contributed by atoms with E-state index in [2.05, 4.69) is 16.8 Å². The SMILES string of the molecule is CCC[CH2][Sn+]([CH3])[CH3]. The van der Waals surface area contributed by atoms with Gasteiger partial charge in [0.2, 0.25) is 0 Å². The van der Waals surface area contributed by atoms with Crippen LogP contribution in [0.15, 0.2) is 0 Å². The molecule has 0 unspecified atom stereocenters. The first-order valence-corrected chi connectivity index (χ1v) is 10.8. The third kappa shape index (κ3) is 6.80. The van der Waals surface area contributed by atoms with E-state index in [1.165, 1.54) is 12.8 Å². The molecule has 0 aliphatic heterocycles. The average Bonchev–Trinajstić information content (AvgIpc) is 1.61. The standard InChI is InChI=1S/C4H9.2CH3.Sn/c1-3-4-2;;;/h1,3-4H2,2H3;2*1H3;/q;;;+1. The van der Waals surface area contributed by atoms with E-state index in [4.69, 9.17) is 0 Å². The Labute approximate surface area is 54.0 Å². The predicted molar refractivity (Wildman–Crippen MR) is 37.2 cm³/mol. The molecule has 0 heterocycles. The molecule has 42 valence electrons. The monoisotopic (exact) mass is 207 g/mol. The summed E-state index contributed by atoms with van der Waals surface area (Å²) >= 11 is -0.642. The fraction of sp³-hybridized carbons (Fsp3) is 1.00. The molecular formula is C6H15Sn+. The van der Waals surface area contributed by atoms with Crippen LogP contribution in [0.5, 0.6) is 0 Å². The Morgan fingerprint density at radius 3 is 2.00 bits per heavy atom. The van der Waals surface area contributed by atoms with Crippen LogP contribution in [-0.4, -0.2) is 19.8 Å². The summed E-state index contributed by atoms with van der Waals surface area (Å²) in [5.74, 6) is 0. The molecule has 0 fully saturated rings. The minimum absolute atomic E-state index is 0.642. The summed E-state index contributed by atoms with van der Waals surface area (Å²) in [6.07, 6.45) is 2.88. The first kappa shape index (κ1) is 7.80. The van der Waals surface area contributed by atoms with Crippen LogP contribution in [0, 0.1) is 0 Å². The molecule has 0 aromatic rings. The minimum atomic E-state index is -0.642. The summed E-state index contributed by atoms with van der Waals surface area (Å²) in [7, 11) is 0. The van der Waals surface area contributed by atoms with Crippen molar-refractivity contribution in [1.82, 2.24) is 0 Å². The molecule has 0 aliphatic carbocycles. The molecule has 0 saturated carbocycles. The van der Waals surface area contributed by atoms with Crippen molar-refractivity contribution in [3.8, 4) is 0 Å². The van der Waals surface area contributed by atoms with Crippen molar-refractivity contribution in [1.29, 1.82) is 0 Å². The summed E-state index contributed by atoms with van der Waals surface area (Å²) < 4.78 is 1.60. The Hall–Kier alpha value is 0.799. The van der Waals surface area contributed by atoms with Crippen LogP contribution in [0.3, 0.4) is 0 Å². The summed E-state index contributed by atoms with van der Waals surface area (Å²) in [6.45, 7) is 2.27. The van der Waals surface area contributed by atoms with Crippen molar-refractivity contribution >= 4 is 19.8 Å². The van der Waals surface area contributed by atoms with Crippen LogP contribution < -0.4 is 0 Å². The second-order valence-corrected chi connectivity index (χ2v) is 10.6. The Morgan fingerprint density at radius 1 is 1.29 bits per heavy atom. The van der Waals surface area contributed by atoms with Gasteiger partial charge in [0.1, 0.15) is 0 Å². The van der Waals surface area contributed by atoms with Crippen molar-refractivity contribution in [3.05, 3.63) is 0 Å². The first-order valence-electron chi connectivity index (χ1n) is 3.06. The Morgan fingerprint density at radius 2 is 1.86 bits per heavy atom. The van der Waals surface area contributed by atoms with Gasteiger partial charge < -0.3 is 0 Å². The maximum atomic E-state index is 2.47. The van der Waals surface area contributed by atoms with Gasteiger partial charge in [-0.15, -0.1) is 0 Å². The second-order valence-electron chi connectivity index (χ2n) is 2.31. The van der Waals surface area contributed by atoms with Gasteiger partial charge in [-0.3, -0.25) is 0 Å². The molecule has 0 aromatic heterocycles. The van der Waals surface area contributed by atoms with E-state index in [0.29, 0.717) is 0 Å². The maximum absolute atomic E-state index is 2.47. The van der Waals surface area contributed by atoms with Gasteiger partial charge in [0.05, 0.1) is 0 Å². The summed E-state index contributed by atoms with van der Waals surface area (Å²) in [6, 6.07) is 0. The van der Waals surface area contributed by atoms with E-state index in [0.717, 1.165) is 0 Å². The van der Waals surface area contributed by atoms with E-state index in [-0.39, 0.29) is 0 Å². The van der Waals surface area contributed by atoms with Crippen LogP contribution in [-0.2, 0) is 0 Å². The topological polar surface area (TPSA) is 0 Å². The molecule has 0 aromatic carbocycles. The Kier molecular flexibility index (Phi) is 5.51. The van der Waals surface area contributed by atoms with Gasteiger partial charge in [0, 0.05) is 0 Å². The van der Waals surface area contributed by atoms with Crippen molar-refractivity contribution in [2.24, 2.45) is 0 Å². The molecule has 0 bridgehead atoms. The quantitative estimate of drug-likeness (QED) is 0.622. The fourth-order valence-corrected chi connectivity index (χ4v) is 3.56. The van der Waals surface area contributed by atoms with Gasteiger partial charge >= 0.3 is 53.8 Å². The molecule has 0 atom stereocenters. The second kappa shape index (κ2) is 4.95. The van der Waals surface area contributed by atoms with Crippen LogP contribution in [0.25, 0.3) is 0 Å². The van der Waals surface area contributed by atoms with E-state index in [1.54, 1.807) is 4.44 Å². The van der Waals surface area contributed by atoms with Gasteiger partial charge in [-0.1, -0.05) is 0 Å². The van der Waals surface area contributed by atoms with Crippen LogP contribution in [0.4, 0.5) is 0 Å². The van der Waals surface area contributed by atoms with Gasteiger partial charge in [-0.25, -0.2) is 0 Å². The van der Waals surface area contributed by atoms with E-state index < -0.39 is 19.8 Å². The third-order valence-electron chi connectivity index (χ3n) is 1.03. The van der Waals surface area contributed by atoms with Crippen molar-refractivity contribution in [2.75, 3.05) is 0 Å². The van der Waals surface area contributed by atoms with Gasteiger partial charge in [-0.2, -0.15) is 0 Å². The Balaban J connectivity index is 2.68. The third-order valence-corrected chi connectivity index (χ3v) is 4.89. The van der Waals surface area contributed by atoms with E-state index in [9.17, 15) is 0 Å². The molecule has 0 rings (SSSR count).